The number of phenolic OH excluding ortho intramolecular Hbond substituents is 1. The average Bonchev–Trinajstić information content (AvgIpc) is 2.74. The Bertz CT molecular complexity index is 566. The molecule has 0 aliphatic rings. The lowest BCUT2D eigenvalue weighted by molar-refractivity contribution is 0.195. The Kier molecular flexibility index (Phi) is 4.07. The molecule has 1 aromatic carbocycles. The van der Waals surface area contributed by atoms with E-state index in [9.17, 15) is 10.2 Å². The second kappa shape index (κ2) is 5.59. The summed E-state index contributed by atoms with van der Waals surface area (Å²) in [6, 6.07) is 5.31. The van der Waals surface area contributed by atoms with Gasteiger partial charge in [0, 0.05) is 29.7 Å². The predicted octanol–water partition coefficient (Wildman–Crippen LogP) is 2.85. The molecule has 1 atom stereocenters. The summed E-state index contributed by atoms with van der Waals surface area (Å²) in [5.41, 5.74) is 2.46. The minimum Gasteiger partial charge on any atom is -0.507 e. The molecular formula is C14H18N2O2S. The van der Waals surface area contributed by atoms with E-state index < -0.39 is 6.10 Å². The largest absolute Gasteiger partial charge is 0.507 e. The summed E-state index contributed by atoms with van der Waals surface area (Å²) in [7, 11) is 1.95. The van der Waals surface area contributed by atoms with E-state index in [-0.39, 0.29) is 5.75 Å². The number of aromatic hydroxyl groups is 1. The van der Waals surface area contributed by atoms with Crippen molar-refractivity contribution in [1.29, 1.82) is 0 Å². The van der Waals surface area contributed by atoms with Crippen molar-refractivity contribution in [2.45, 2.75) is 26.5 Å². The van der Waals surface area contributed by atoms with Crippen molar-refractivity contribution < 1.29 is 10.2 Å². The zero-order chi connectivity index (χ0) is 14.0. The standard InChI is InChI=1S/C14H18N2O2S/c1-9(17)13-5-4-12(6-14(13)18)16(3)7-11-8-19-10(2)15-11/h4-6,8-9,17-18H,7H2,1-3H3. The summed E-state index contributed by atoms with van der Waals surface area (Å²) in [5.74, 6) is 0.119. The van der Waals surface area contributed by atoms with Crippen LogP contribution in [0.2, 0.25) is 0 Å². The van der Waals surface area contributed by atoms with Crippen molar-refractivity contribution in [3.8, 4) is 5.75 Å². The third-order valence-corrected chi connectivity index (χ3v) is 3.79. The summed E-state index contributed by atoms with van der Waals surface area (Å²) in [6.07, 6.45) is -0.666. The maximum atomic E-state index is 9.88. The number of hydrogen-bond acceptors (Lipinski definition) is 5. The third-order valence-electron chi connectivity index (χ3n) is 2.97. The zero-order valence-electron chi connectivity index (χ0n) is 11.3. The van der Waals surface area contributed by atoms with Crippen LogP contribution in [-0.4, -0.2) is 22.2 Å². The first-order valence-electron chi connectivity index (χ1n) is 6.10. The van der Waals surface area contributed by atoms with Crippen molar-refractivity contribution in [2.75, 3.05) is 11.9 Å². The molecule has 102 valence electrons. The summed E-state index contributed by atoms with van der Waals surface area (Å²) in [4.78, 5) is 6.43. The zero-order valence-corrected chi connectivity index (χ0v) is 12.1. The monoisotopic (exact) mass is 278 g/mol. The summed E-state index contributed by atoms with van der Waals surface area (Å²) >= 11 is 1.63. The molecule has 0 saturated carbocycles. The lowest BCUT2D eigenvalue weighted by Gasteiger charge is -2.19. The van der Waals surface area contributed by atoms with Crippen LogP contribution in [0.15, 0.2) is 23.6 Å². The van der Waals surface area contributed by atoms with Gasteiger partial charge >= 0.3 is 0 Å². The van der Waals surface area contributed by atoms with Gasteiger partial charge in [0.15, 0.2) is 0 Å². The van der Waals surface area contributed by atoms with Gasteiger partial charge in [0.05, 0.1) is 23.4 Å². The first kappa shape index (κ1) is 13.8. The first-order chi connectivity index (χ1) is 8.97. The van der Waals surface area contributed by atoms with Crippen LogP contribution in [0.1, 0.15) is 29.3 Å². The SMILES string of the molecule is Cc1nc(CN(C)c2ccc(C(C)O)c(O)c2)cs1. The van der Waals surface area contributed by atoms with E-state index in [2.05, 4.69) is 4.98 Å². The van der Waals surface area contributed by atoms with Gasteiger partial charge in [0.2, 0.25) is 0 Å². The van der Waals surface area contributed by atoms with E-state index in [1.54, 1.807) is 30.4 Å². The highest BCUT2D eigenvalue weighted by Crippen LogP contribution is 2.29. The lowest BCUT2D eigenvalue weighted by atomic mass is 10.1. The van der Waals surface area contributed by atoms with Crippen molar-refractivity contribution >= 4 is 17.0 Å². The fraction of sp³-hybridized carbons (Fsp3) is 0.357. The molecule has 0 bridgehead atoms. The molecule has 5 heteroatoms. The molecule has 0 saturated heterocycles. The van der Waals surface area contributed by atoms with Crippen LogP contribution in [-0.2, 0) is 6.54 Å². The maximum absolute atomic E-state index is 9.88. The smallest absolute Gasteiger partial charge is 0.123 e. The van der Waals surface area contributed by atoms with Crippen molar-refractivity contribution in [3.05, 3.63) is 39.8 Å². The Morgan fingerprint density at radius 3 is 2.68 bits per heavy atom. The quantitative estimate of drug-likeness (QED) is 0.903. The molecule has 1 unspecified atom stereocenters. The summed E-state index contributed by atoms with van der Waals surface area (Å²) in [6.45, 7) is 4.31. The molecule has 0 radical (unpaired) electrons. The van der Waals surface area contributed by atoms with E-state index in [0.29, 0.717) is 12.1 Å². The van der Waals surface area contributed by atoms with Gasteiger partial charge in [0.25, 0.3) is 0 Å². The first-order valence-corrected chi connectivity index (χ1v) is 6.98. The number of anilines is 1. The predicted molar refractivity (Wildman–Crippen MR) is 77.7 cm³/mol. The van der Waals surface area contributed by atoms with Crippen LogP contribution >= 0.6 is 11.3 Å². The number of aliphatic hydroxyl groups excluding tert-OH is 1. The number of aliphatic hydroxyl groups is 1. The van der Waals surface area contributed by atoms with E-state index >= 15 is 0 Å². The van der Waals surface area contributed by atoms with Gasteiger partial charge in [-0.25, -0.2) is 4.98 Å². The third kappa shape index (κ3) is 3.24. The fourth-order valence-electron chi connectivity index (χ4n) is 1.94. The molecular weight excluding hydrogens is 260 g/mol. The van der Waals surface area contributed by atoms with Gasteiger partial charge in [-0.15, -0.1) is 11.3 Å². The van der Waals surface area contributed by atoms with Crippen molar-refractivity contribution in [2.24, 2.45) is 0 Å². The van der Waals surface area contributed by atoms with Crippen LogP contribution in [0.4, 0.5) is 5.69 Å². The Balaban J connectivity index is 2.15. The van der Waals surface area contributed by atoms with Gasteiger partial charge in [-0.1, -0.05) is 6.07 Å². The highest BCUT2D eigenvalue weighted by molar-refractivity contribution is 7.09. The van der Waals surface area contributed by atoms with Gasteiger partial charge < -0.3 is 15.1 Å². The van der Waals surface area contributed by atoms with E-state index in [1.165, 1.54) is 0 Å². The Hall–Kier alpha value is -1.59. The van der Waals surface area contributed by atoms with Crippen LogP contribution in [0.5, 0.6) is 5.75 Å². The number of thiazole rings is 1. The number of aromatic nitrogens is 1. The fourth-order valence-corrected chi connectivity index (χ4v) is 2.54. The maximum Gasteiger partial charge on any atom is 0.123 e. The van der Waals surface area contributed by atoms with Crippen molar-refractivity contribution in [1.82, 2.24) is 4.98 Å². The second-order valence-corrected chi connectivity index (χ2v) is 5.70. The molecule has 2 aromatic rings. The second-order valence-electron chi connectivity index (χ2n) is 4.63. The van der Waals surface area contributed by atoms with Crippen LogP contribution < -0.4 is 4.90 Å². The molecule has 0 amide bonds. The minimum absolute atomic E-state index is 0.119. The van der Waals surface area contributed by atoms with E-state index in [0.717, 1.165) is 16.4 Å². The number of benzene rings is 1. The van der Waals surface area contributed by atoms with Gasteiger partial charge in [-0.3, -0.25) is 0 Å². The summed E-state index contributed by atoms with van der Waals surface area (Å²) in [5, 5.41) is 22.5. The molecule has 4 nitrogen and oxygen atoms in total. The molecule has 0 spiro atoms. The molecule has 0 fully saturated rings. The number of hydrogen-bond donors (Lipinski definition) is 2. The van der Waals surface area contributed by atoms with Crippen molar-refractivity contribution in [3.63, 3.8) is 0 Å². The molecule has 19 heavy (non-hydrogen) atoms. The molecule has 2 N–H and O–H groups in total. The Labute approximate surface area is 117 Å². The van der Waals surface area contributed by atoms with E-state index in [4.69, 9.17) is 0 Å². The highest BCUT2D eigenvalue weighted by Gasteiger charge is 2.10. The van der Waals surface area contributed by atoms with Crippen LogP contribution in [0.3, 0.4) is 0 Å². The number of phenols is 1. The molecule has 2 rings (SSSR count). The number of aryl methyl sites for hydroxylation is 1. The molecule has 0 aliphatic carbocycles. The Morgan fingerprint density at radius 2 is 2.16 bits per heavy atom. The van der Waals surface area contributed by atoms with Gasteiger partial charge in [-0.05, 0) is 19.9 Å². The average molecular weight is 278 g/mol. The summed E-state index contributed by atoms with van der Waals surface area (Å²) < 4.78 is 0. The number of nitrogens with zero attached hydrogens (tertiary/aromatic N) is 2. The minimum atomic E-state index is -0.666. The normalized spacial score (nSPS) is 12.4. The highest BCUT2D eigenvalue weighted by atomic mass is 32.1. The molecule has 0 aliphatic heterocycles. The Morgan fingerprint density at radius 1 is 1.42 bits per heavy atom. The van der Waals surface area contributed by atoms with Gasteiger partial charge in [0.1, 0.15) is 5.75 Å². The number of rotatable bonds is 4. The van der Waals surface area contributed by atoms with Crippen LogP contribution in [0, 0.1) is 6.92 Å². The lowest BCUT2D eigenvalue weighted by Crippen LogP contribution is -2.16. The van der Waals surface area contributed by atoms with Gasteiger partial charge in [-0.2, -0.15) is 0 Å². The molecule has 1 aromatic heterocycles. The van der Waals surface area contributed by atoms with E-state index in [1.807, 2.05) is 30.3 Å². The molecule has 1 heterocycles. The topological polar surface area (TPSA) is 56.6 Å². The van der Waals surface area contributed by atoms with Crippen LogP contribution in [0.25, 0.3) is 0 Å².